The number of nitrogens with zero attached hydrogens (tertiary/aromatic N) is 3. The van der Waals surface area contributed by atoms with Crippen LogP contribution in [0.2, 0.25) is 0 Å². The number of thiophene rings is 1. The van der Waals surface area contributed by atoms with Crippen molar-refractivity contribution in [1.29, 1.82) is 0 Å². The first-order valence-electron chi connectivity index (χ1n) is 10.2. The molecule has 0 fully saturated rings. The van der Waals surface area contributed by atoms with Crippen molar-refractivity contribution in [2.45, 2.75) is 20.3 Å². The molecule has 0 aliphatic rings. The number of benzene rings is 1. The summed E-state index contributed by atoms with van der Waals surface area (Å²) < 4.78 is 6.63. The molecule has 1 amide bonds. The van der Waals surface area contributed by atoms with Crippen molar-refractivity contribution in [2.75, 3.05) is 18.5 Å². The largest absolute Gasteiger partial charge is 0.372 e. The van der Waals surface area contributed by atoms with Gasteiger partial charge in [-0.05, 0) is 30.9 Å². The third-order valence-corrected chi connectivity index (χ3v) is 5.71. The Morgan fingerprint density at radius 3 is 2.72 bits per heavy atom. The number of aromatic nitrogens is 4. The highest BCUT2D eigenvalue weighted by Gasteiger charge is 2.18. The Bertz CT molecular complexity index is 1260. The fraction of sp³-hybridized carbons (Fsp3) is 0.217. The van der Waals surface area contributed by atoms with Crippen LogP contribution < -0.4 is 10.9 Å². The van der Waals surface area contributed by atoms with Crippen molar-refractivity contribution in [3.05, 3.63) is 81.1 Å². The van der Waals surface area contributed by atoms with Crippen LogP contribution in [0.1, 0.15) is 23.7 Å². The van der Waals surface area contributed by atoms with Crippen molar-refractivity contribution >= 4 is 23.1 Å². The number of carbonyl (C=O) groups excluding carboxylic acids is 1. The predicted molar refractivity (Wildman–Crippen MR) is 124 cm³/mol. The Balaban J connectivity index is 1.71. The van der Waals surface area contributed by atoms with Crippen LogP contribution in [0.3, 0.4) is 0 Å². The molecule has 0 spiro atoms. The van der Waals surface area contributed by atoms with Gasteiger partial charge in [-0.1, -0.05) is 36.4 Å². The molecule has 1 aromatic carbocycles. The fourth-order valence-electron chi connectivity index (χ4n) is 3.25. The maximum absolute atomic E-state index is 12.9. The molecule has 164 valence electrons. The minimum atomic E-state index is -0.314. The molecule has 0 bridgehead atoms. The second-order valence-electron chi connectivity index (χ2n) is 7.11. The Hall–Kier alpha value is -3.56. The molecule has 8 nitrogen and oxygen atoms in total. The zero-order valence-corrected chi connectivity index (χ0v) is 18.6. The molecular weight excluding hydrogens is 426 g/mol. The van der Waals surface area contributed by atoms with Gasteiger partial charge in [0.2, 0.25) is 5.95 Å². The van der Waals surface area contributed by atoms with Gasteiger partial charge in [0.1, 0.15) is 18.1 Å². The Kier molecular flexibility index (Phi) is 6.58. The highest BCUT2D eigenvalue weighted by Crippen LogP contribution is 2.27. The Morgan fingerprint density at radius 1 is 1.22 bits per heavy atom. The molecule has 0 aliphatic heterocycles. The van der Waals surface area contributed by atoms with Crippen LogP contribution in [0.25, 0.3) is 16.5 Å². The van der Waals surface area contributed by atoms with E-state index in [0.717, 1.165) is 10.4 Å². The number of aromatic amines is 1. The summed E-state index contributed by atoms with van der Waals surface area (Å²) >= 11 is 1.53. The first-order chi connectivity index (χ1) is 15.5. The van der Waals surface area contributed by atoms with Crippen LogP contribution in [-0.4, -0.2) is 38.9 Å². The van der Waals surface area contributed by atoms with Crippen LogP contribution in [-0.2, 0) is 16.0 Å². The van der Waals surface area contributed by atoms with E-state index >= 15 is 0 Å². The van der Waals surface area contributed by atoms with Crippen LogP contribution in [0, 0.1) is 6.92 Å². The number of hydrogen-bond acceptors (Lipinski definition) is 6. The number of aryl methyl sites for hydroxylation is 1. The van der Waals surface area contributed by atoms with Crippen LogP contribution in [0.15, 0.2) is 58.7 Å². The number of ether oxygens (including phenoxy) is 1. The number of amides is 1. The molecular formula is C23H23N5O3S. The van der Waals surface area contributed by atoms with Gasteiger partial charge >= 0.3 is 0 Å². The Morgan fingerprint density at radius 2 is 2.03 bits per heavy atom. The fourth-order valence-corrected chi connectivity index (χ4v) is 3.94. The van der Waals surface area contributed by atoms with Gasteiger partial charge in [0.15, 0.2) is 0 Å². The molecule has 0 saturated heterocycles. The van der Waals surface area contributed by atoms with Crippen LogP contribution >= 0.6 is 11.3 Å². The molecule has 3 heterocycles. The molecule has 9 heteroatoms. The van der Waals surface area contributed by atoms with Crippen molar-refractivity contribution in [3.8, 4) is 16.5 Å². The summed E-state index contributed by atoms with van der Waals surface area (Å²) in [7, 11) is 0. The number of hydrogen-bond donors (Lipinski definition) is 2. The molecule has 0 atom stereocenters. The zero-order valence-electron chi connectivity index (χ0n) is 17.8. The maximum Gasteiger partial charge on any atom is 0.256 e. The molecule has 4 rings (SSSR count). The van der Waals surface area contributed by atoms with E-state index in [2.05, 4.69) is 20.4 Å². The first-order valence-corrected chi connectivity index (χ1v) is 11.1. The second kappa shape index (κ2) is 9.71. The minimum Gasteiger partial charge on any atom is -0.372 e. The van der Waals surface area contributed by atoms with Gasteiger partial charge in [0, 0.05) is 24.7 Å². The van der Waals surface area contributed by atoms with Gasteiger partial charge in [-0.25, -0.2) is 4.98 Å². The van der Waals surface area contributed by atoms with Gasteiger partial charge in [0.05, 0.1) is 10.6 Å². The molecule has 0 aliphatic carbocycles. The third kappa shape index (κ3) is 4.84. The summed E-state index contributed by atoms with van der Waals surface area (Å²) in [6, 6.07) is 15.4. The number of H-pyrrole nitrogens is 1. The highest BCUT2D eigenvalue weighted by molar-refractivity contribution is 7.13. The second-order valence-corrected chi connectivity index (χ2v) is 8.05. The van der Waals surface area contributed by atoms with Crippen molar-refractivity contribution in [3.63, 3.8) is 0 Å². The van der Waals surface area contributed by atoms with E-state index in [1.165, 1.54) is 16.0 Å². The summed E-state index contributed by atoms with van der Waals surface area (Å²) in [5.74, 6) is 0.320. The summed E-state index contributed by atoms with van der Waals surface area (Å²) in [6.45, 7) is 3.98. The molecule has 0 unspecified atom stereocenters. The van der Waals surface area contributed by atoms with E-state index in [9.17, 15) is 9.59 Å². The van der Waals surface area contributed by atoms with Crippen molar-refractivity contribution < 1.29 is 9.53 Å². The van der Waals surface area contributed by atoms with Crippen molar-refractivity contribution in [1.82, 2.24) is 19.7 Å². The lowest BCUT2D eigenvalue weighted by Crippen LogP contribution is -2.23. The first kappa shape index (κ1) is 21.7. The van der Waals surface area contributed by atoms with Crippen LogP contribution in [0.4, 0.5) is 5.82 Å². The monoisotopic (exact) mass is 449 g/mol. The summed E-state index contributed by atoms with van der Waals surface area (Å²) in [6.07, 6.45) is 0.479. The lowest BCUT2D eigenvalue weighted by molar-refractivity contribution is -0.120. The maximum atomic E-state index is 12.9. The summed E-state index contributed by atoms with van der Waals surface area (Å²) in [4.78, 5) is 33.5. The van der Waals surface area contributed by atoms with Gasteiger partial charge in [-0.15, -0.1) is 11.3 Å². The van der Waals surface area contributed by atoms with Gasteiger partial charge in [-0.3, -0.25) is 14.6 Å². The van der Waals surface area contributed by atoms with Crippen molar-refractivity contribution in [2.24, 2.45) is 0 Å². The molecule has 2 N–H and O–H groups in total. The van der Waals surface area contributed by atoms with E-state index in [1.54, 1.807) is 13.0 Å². The number of carbonyl (C=O) groups is 1. The van der Waals surface area contributed by atoms with E-state index in [0.29, 0.717) is 35.8 Å². The molecule has 0 radical (unpaired) electrons. The number of anilines is 1. The SMILES string of the molecule is CCOCC(=O)Nc1cc(-c2cccs2)nn1-c1nc(C)c(Cc2ccccc2)c(=O)[nH]1. The van der Waals surface area contributed by atoms with E-state index < -0.39 is 0 Å². The van der Waals surface area contributed by atoms with E-state index in [1.807, 2.05) is 54.8 Å². The minimum absolute atomic E-state index is 0.0744. The number of nitrogens with one attached hydrogen (secondary N) is 2. The predicted octanol–water partition coefficient (Wildman–Crippen LogP) is 3.56. The average molecular weight is 450 g/mol. The standard InChI is InChI=1S/C23H23N5O3S/c1-3-31-14-21(29)25-20-13-18(19-10-7-11-32-19)27-28(20)23-24-15(2)17(22(30)26-23)12-16-8-5-4-6-9-16/h4-11,13H,3,12,14H2,1-2H3,(H,25,29)(H,24,26,30). The van der Waals surface area contributed by atoms with E-state index in [-0.39, 0.29) is 24.0 Å². The molecule has 4 aromatic rings. The Labute approximate surface area is 188 Å². The molecule has 3 aromatic heterocycles. The lowest BCUT2D eigenvalue weighted by atomic mass is 10.1. The summed E-state index contributed by atoms with van der Waals surface area (Å²) in [5.41, 5.74) is 2.65. The number of rotatable bonds is 8. The molecule has 0 saturated carbocycles. The topological polar surface area (TPSA) is 102 Å². The van der Waals surface area contributed by atoms with Gasteiger partial charge in [0.25, 0.3) is 11.5 Å². The average Bonchev–Trinajstić information content (AvgIpc) is 3.45. The van der Waals surface area contributed by atoms with Gasteiger partial charge in [-0.2, -0.15) is 9.78 Å². The quantitative estimate of drug-likeness (QED) is 0.428. The lowest BCUT2D eigenvalue weighted by Gasteiger charge is -2.10. The van der Waals surface area contributed by atoms with Gasteiger partial charge < -0.3 is 10.1 Å². The summed E-state index contributed by atoms with van der Waals surface area (Å²) in [5, 5.41) is 9.34. The zero-order chi connectivity index (χ0) is 22.5. The smallest absolute Gasteiger partial charge is 0.256 e. The third-order valence-electron chi connectivity index (χ3n) is 4.82. The molecule has 32 heavy (non-hydrogen) atoms. The highest BCUT2D eigenvalue weighted by atomic mass is 32.1. The van der Waals surface area contributed by atoms with E-state index in [4.69, 9.17) is 4.74 Å². The normalized spacial score (nSPS) is 10.9. The van der Waals surface area contributed by atoms with Crippen LogP contribution in [0.5, 0.6) is 0 Å².